The Morgan fingerprint density at radius 2 is 1.95 bits per heavy atom. The van der Waals surface area contributed by atoms with Crippen molar-refractivity contribution in [1.29, 1.82) is 0 Å². The number of rotatable bonds is 6. The first-order chi connectivity index (χ1) is 10.5. The van der Waals surface area contributed by atoms with E-state index in [-0.39, 0.29) is 5.75 Å². The number of hydrazone groups is 1. The second-order valence-corrected chi connectivity index (χ2v) is 7.10. The average Bonchev–Trinajstić information content (AvgIpc) is 2.48. The van der Waals surface area contributed by atoms with Crippen LogP contribution in [0.2, 0.25) is 0 Å². The fourth-order valence-corrected chi connectivity index (χ4v) is 3.10. The summed E-state index contributed by atoms with van der Waals surface area (Å²) in [6.07, 6.45) is 1.41. The van der Waals surface area contributed by atoms with Gasteiger partial charge in [0.15, 0.2) is 0 Å². The monoisotopic (exact) mass is 382 g/mol. The maximum atomic E-state index is 11.9. The molecule has 116 valence electrons. The molecule has 2 aromatic rings. The van der Waals surface area contributed by atoms with Gasteiger partial charge >= 0.3 is 0 Å². The number of benzene rings is 2. The Labute approximate surface area is 138 Å². The molecule has 0 radical (unpaired) electrons. The Kier molecular flexibility index (Phi) is 5.57. The number of nitrogens with zero attached hydrogens (tertiary/aromatic N) is 1. The number of sulfonamides is 1. The van der Waals surface area contributed by atoms with E-state index >= 15 is 0 Å². The summed E-state index contributed by atoms with van der Waals surface area (Å²) in [6, 6.07) is 14.3. The molecule has 0 bridgehead atoms. The lowest BCUT2D eigenvalue weighted by Crippen LogP contribution is -2.20. The Balaban J connectivity index is 2.07. The summed E-state index contributed by atoms with van der Waals surface area (Å²) in [5, 5.41) is 3.80. The lowest BCUT2D eigenvalue weighted by atomic mass is 10.2. The molecule has 0 atom stereocenters. The van der Waals surface area contributed by atoms with Crippen LogP contribution < -0.4 is 9.57 Å². The summed E-state index contributed by atoms with van der Waals surface area (Å²) in [6.45, 7) is 0. The van der Waals surface area contributed by atoms with Crippen LogP contribution in [-0.2, 0) is 15.8 Å². The highest BCUT2D eigenvalue weighted by Crippen LogP contribution is 2.21. The van der Waals surface area contributed by atoms with Crippen LogP contribution in [0.25, 0.3) is 0 Å². The van der Waals surface area contributed by atoms with Gasteiger partial charge in [0.05, 0.1) is 19.1 Å². The number of hydrogen-bond acceptors (Lipinski definition) is 4. The van der Waals surface area contributed by atoms with E-state index in [0.29, 0.717) is 16.9 Å². The standard InChI is InChI=1S/C15H15BrN2O3S/c1-21-15-8-7-14(16)9-13(15)10-17-18-22(19,20)11-12-5-3-2-4-6-12/h2-10,18H,11H2,1H3/b17-10+. The van der Waals surface area contributed by atoms with Gasteiger partial charge in [-0.2, -0.15) is 5.10 Å². The molecule has 22 heavy (non-hydrogen) atoms. The molecule has 7 heteroatoms. The number of halogens is 1. The van der Waals surface area contributed by atoms with E-state index in [1.54, 1.807) is 43.5 Å². The van der Waals surface area contributed by atoms with Crippen molar-refractivity contribution in [2.75, 3.05) is 7.11 Å². The highest BCUT2D eigenvalue weighted by Gasteiger charge is 2.09. The Morgan fingerprint density at radius 1 is 1.23 bits per heavy atom. The lowest BCUT2D eigenvalue weighted by Gasteiger charge is -2.05. The molecule has 0 amide bonds. The van der Waals surface area contributed by atoms with Crippen LogP contribution >= 0.6 is 15.9 Å². The molecule has 1 N–H and O–H groups in total. The minimum absolute atomic E-state index is 0.124. The molecule has 0 aliphatic rings. The van der Waals surface area contributed by atoms with Gasteiger partial charge in [-0.25, -0.2) is 13.2 Å². The predicted molar refractivity (Wildman–Crippen MR) is 90.5 cm³/mol. The van der Waals surface area contributed by atoms with E-state index in [0.717, 1.165) is 4.47 Å². The number of methoxy groups -OCH3 is 1. The van der Waals surface area contributed by atoms with E-state index in [4.69, 9.17) is 4.74 Å². The normalized spacial score (nSPS) is 11.5. The maximum Gasteiger partial charge on any atom is 0.251 e. The molecule has 0 aromatic heterocycles. The first-order valence-electron chi connectivity index (χ1n) is 6.40. The second-order valence-electron chi connectivity index (χ2n) is 4.48. The lowest BCUT2D eigenvalue weighted by molar-refractivity contribution is 0.414. The molecule has 0 aliphatic heterocycles. The molecule has 2 rings (SSSR count). The van der Waals surface area contributed by atoms with E-state index in [1.165, 1.54) is 6.21 Å². The maximum absolute atomic E-state index is 11.9. The van der Waals surface area contributed by atoms with Gasteiger partial charge in [-0.3, -0.25) is 0 Å². The van der Waals surface area contributed by atoms with Gasteiger partial charge < -0.3 is 4.74 Å². The van der Waals surface area contributed by atoms with Crippen molar-refractivity contribution in [1.82, 2.24) is 4.83 Å². The van der Waals surface area contributed by atoms with Crippen LogP contribution in [0.5, 0.6) is 5.75 Å². The predicted octanol–water partition coefficient (Wildman–Crippen LogP) is 2.91. The van der Waals surface area contributed by atoms with Crippen LogP contribution in [-0.4, -0.2) is 21.7 Å². The van der Waals surface area contributed by atoms with Crippen molar-refractivity contribution in [3.05, 3.63) is 64.1 Å². The molecular weight excluding hydrogens is 368 g/mol. The third-order valence-electron chi connectivity index (χ3n) is 2.79. The minimum Gasteiger partial charge on any atom is -0.496 e. The summed E-state index contributed by atoms with van der Waals surface area (Å²) in [5.74, 6) is 0.482. The summed E-state index contributed by atoms with van der Waals surface area (Å²) in [4.78, 5) is 2.20. The Morgan fingerprint density at radius 3 is 2.64 bits per heavy atom. The molecule has 0 saturated carbocycles. The van der Waals surface area contributed by atoms with E-state index in [1.807, 2.05) is 12.1 Å². The molecule has 0 spiro atoms. The van der Waals surface area contributed by atoms with E-state index in [2.05, 4.69) is 25.9 Å². The summed E-state index contributed by atoms with van der Waals surface area (Å²) >= 11 is 3.35. The molecule has 0 heterocycles. The minimum atomic E-state index is -3.53. The molecular formula is C15H15BrN2O3S. The van der Waals surface area contributed by atoms with Gasteiger partial charge in [0.25, 0.3) is 10.0 Å². The third kappa shape index (κ3) is 4.85. The van der Waals surface area contributed by atoms with Crippen LogP contribution in [0, 0.1) is 0 Å². The zero-order chi connectivity index (χ0) is 16.0. The molecule has 2 aromatic carbocycles. The van der Waals surface area contributed by atoms with Crippen molar-refractivity contribution in [2.24, 2.45) is 5.10 Å². The number of hydrogen-bond donors (Lipinski definition) is 1. The smallest absolute Gasteiger partial charge is 0.251 e. The van der Waals surface area contributed by atoms with Crippen molar-refractivity contribution in [3.8, 4) is 5.75 Å². The number of nitrogens with one attached hydrogen (secondary N) is 1. The van der Waals surface area contributed by atoms with Gasteiger partial charge in [0.1, 0.15) is 5.75 Å². The van der Waals surface area contributed by atoms with Crippen LogP contribution in [0.4, 0.5) is 0 Å². The van der Waals surface area contributed by atoms with Crippen molar-refractivity contribution in [3.63, 3.8) is 0 Å². The first-order valence-corrected chi connectivity index (χ1v) is 8.85. The quantitative estimate of drug-likeness (QED) is 0.616. The molecule has 0 saturated heterocycles. The van der Waals surface area contributed by atoms with Gasteiger partial charge in [0, 0.05) is 10.0 Å². The van der Waals surface area contributed by atoms with Gasteiger partial charge in [0.2, 0.25) is 0 Å². The topological polar surface area (TPSA) is 67.8 Å². The Hall–Kier alpha value is -1.86. The molecule has 0 aliphatic carbocycles. The fraction of sp³-hybridized carbons (Fsp3) is 0.133. The zero-order valence-corrected chi connectivity index (χ0v) is 14.3. The molecule has 0 fully saturated rings. The average molecular weight is 383 g/mol. The Bertz CT molecular complexity index is 762. The third-order valence-corrected chi connectivity index (χ3v) is 4.38. The first kappa shape index (κ1) is 16.5. The zero-order valence-electron chi connectivity index (χ0n) is 11.9. The van der Waals surface area contributed by atoms with Crippen molar-refractivity contribution in [2.45, 2.75) is 5.75 Å². The second kappa shape index (κ2) is 7.42. The van der Waals surface area contributed by atoms with Gasteiger partial charge in [-0.15, -0.1) is 0 Å². The largest absolute Gasteiger partial charge is 0.496 e. The van der Waals surface area contributed by atoms with Gasteiger partial charge in [-0.1, -0.05) is 46.3 Å². The van der Waals surface area contributed by atoms with Gasteiger partial charge in [-0.05, 0) is 23.8 Å². The van der Waals surface area contributed by atoms with E-state index in [9.17, 15) is 8.42 Å². The molecule has 5 nitrogen and oxygen atoms in total. The van der Waals surface area contributed by atoms with Crippen LogP contribution in [0.15, 0.2) is 58.1 Å². The fourth-order valence-electron chi connectivity index (χ4n) is 1.81. The summed E-state index contributed by atoms with van der Waals surface area (Å²) in [7, 11) is -1.99. The highest BCUT2D eigenvalue weighted by atomic mass is 79.9. The summed E-state index contributed by atoms with van der Waals surface area (Å²) < 4.78 is 29.9. The van der Waals surface area contributed by atoms with Crippen LogP contribution in [0.3, 0.4) is 0 Å². The molecule has 0 unspecified atom stereocenters. The van der Waals surface area contributed by atoms with Crippen molar-refractivity contribution >= 4 is 32.2 Å². The number of ether oxygens (including phenoxy) is 1. The summed E-state index contributed by atoms with van der Waals surface area (Å²) in [5.41, 5.74) is 1.37. The van der Waals surface area contributed by atoms with Crippen LogP contribution in [0.1, 0.15) is 11.1 Å². The van der Waals surface area contributed by atoms with E-state index < -0.39 is 10.0 Å². The van der Waals surface area contributed by atoms with Crippen molar-refractivity contribution < 1.29 is 13.2 Å². The SMILES string of the molecule is COc1ccc(Br)cc1/C=N/NS(=O)(=O)Cc1ccccc1. The highest BCUT2D eigenvalue weighted by molar-refractivity contribution is 9.10.